The normalized spacial score (nSPS) is 16.4. The predicted molar refractivity (Wildman–Crippen MR) is 69.1 cm³/mol. The van der Waals surface area contributed by atoms with E-state index in [2.05, 4.69) is 25.1 Å². The Bertz CT molecular complexity index is 218. The fourth-order valence-corrected chi connectivity index (χ4v) is 2.14. The molecular formula is C12H25NOS. The lowest BCUT2D eigenvalue weighted by Crippen LogP contribution is -2.40. The minimum absolute atomic E-state index is 0.198. The van der Waals surface area contributed by atoms with Crippen LogP contribution in [0.25, 0.3) is 0 Å². The van der Waals surface area contributed by atoms with Crippen LogP contribution in [0.5, 0.6) is 0 Å². The van der Waals surface area contributed by atoms with Crippen molar-refractivity contribution in [3.8, 4) is 0 Å². The molecule has 0 bridgehead atoms. The van der Waals surface area contributed by atoms with Gasteiger partial charge in [-0.15, -0.1) is 6.58 Å². The van der Waals surface area contributed by atoms with Crippen LogP contribution in [0.15, 0.2) is 12.7 Å². The van der Waals surface area contributed by atoms with Crippen molar-refractivity contribution >= 4 is 11.0 Å². The van der Waals surface area contributed by atoms with Gasteiger partial charge in [-0.1, -0.05) is 19.9 Å². The van der Waals surface area contributed by atoms with Gasteiger partial charge >= 0.3 is 0 Å². The van der Waals surface area contributed by atoms with Gasteiger partial charge in [0.1, 0.15) is 0 Å². The van der Waals surface area contributed by atoms with Gasteiger partial charge in [-0.3, -0.25) is 0 Å². The van der Waals surface area contributed by atoms with E-state index in [0.717, 1.165) is 12.8 Å². The third kappa shape index (κ3) is 6.85. The molecule has 0 saturated carbocycles. The van der Waals surface area contributed by atoms with E-state index in [1.54, 1.807) is 0 Å². The Morgan fingerprint density at radius 3 is 2.27 bits per heavy atom. The second kappa shape index (κ2) is 6.44. The molecule has 2 nitrogen and oxygen atoms in total. The zero-order valence-electron chi connectivity index (χ0n) is 10.7. The first-order chi connectivity index (χ1) is 6.77. The van der Waals surface area contributed by atoms with Crippen LogP contribution < -0.4 is 4.72 Å². The quantitative estimate of drug-likeness (QED) is 0.700. The van der Waals surface area contributed by atoms with Crippen molar-refractivity contribution in [1.29, 1.82) is 0 Å². The van der Waals surface area contributed by atoms with Gasteiger partial charge in [-0.2, -0.15) is 0 Å². The number of rotatable bonds is 6. The number of nitrogens with one attached hydrogen (secondary N) is 1. The lowest BCUT2D eigenvalue weighted by Gasteiger charge is -2.24. The topological polar surface area (TPSA) is 29.1 Å². The minimum Gasteiger partial charge on any atom is -0.242 e. The van der Waals surface area contributed by atoms with E-state index < -0.39 is 11.0 Å². The van der Waals surface area contributed by atoms with Crippen LogP contribution in [0, 0.1) is 5.92 Å². The molecule has 1 unspecified atom stereocenters. The molecule has 0 aromatic heterocycles. The first kappa shape index (κ1) is 14.8. The van der Waals surface area contributed by atoms with E-state index in [-0.39, 0.29) is 10.8 Å². The average molecular weight is 231 g/mol. The van der Waals surface area contributed by atoms with Gasteiger partial charge in [0, 0.05) is 6.04 Å². The van der Waals surface area contributed by atoms with Gasteiger partial charge in [0.15, 0.2) is 0 Å². The van der Waals surface area contributed by atoms with Gasteiger partial charge in [0.25, 0.3) is 0 Å². The number of hydrogen-bond donors (Lipinski definition) is 1. The van der Waals surface area contributed by atoms with E-state index in [4.69, 9.17) is 0 Å². The molecule has 0 aliphatic rings. The molecule has 90 valence electrons. The fourth-order valence-electron chi connectivity index (χ4n) is 1.29. The zero-order valence-corrected chi connectivity index (χ0v) is 11.5. The average Bonchev–Trinajstić information content (AvgIpc) is 2.01. The fraction of sp³-hybridized carbons (Fsp3) is 0.833. The maximum atomic E-state index is 11.9. The van der Waals surface area contributed by atoms with E-state index in [0.29, 0.717) is 5.92 Å². The predicted octanol–water partition coefficient (Wildman–Crippen LogP) is 3.03. The SMILES string of the molecule is C=CC[C@@H](CC(C)C)NS(=O)C(C)(C)C. The van der Waals surface area contributed by atoms with Crippen molar-refractivity contribution in [2.75, 3.05) is 0 Å². The Hall–Kier alpha value is -0.150. The monoisotopic (exact) mass is 231 g/mol. The molecule has 0 amide bonds. The molecule has 0 aromatic carbocycles. The summed E-state index contributed by atoms with van der Waals surface area (Å²) in [7, 11) is -0.983. The second-order valence-corrected chi connectivity index (χ2v) is 7.35. The Balaban J connectivity index is 4.28. The summed E-state index contributed by atoms with van der Waals surface area (Å²) in [5.74, 6) is 0.611. The highest BCUT2D eigenvalue weighted by molar-refractivity contribution is 7.84. The van der Waals surface area contributed by atoms with Crippen molar-refractivity contribution < 1.29 is 4.21 Å². The highest BCUT2D eigenvalue weighted by atomic mass is 32.2. The summed E-state index contributed by atoms with van der Waals surface area (Å²) in [4.78, 5) is 0. The van der Waals surface area contributed by atoms with Gasteiger partial charge in [0.05, 0.1) is 15.7 Å². The summed E-state index contributed by atoms with van der Waals surface area (Å²) in [5.41, 5.74) is 0. The molecule has 3 heteroatoms. The molecule has 15 heavy (non-hydrogen) atoms. The van der Waals surface area contributed by atoms with Gasteiger partial charge in [-0.25, -0.2) is 8.93 Å². The summed E-state index contributed by atoms with van der Waals surface area (Å²) in [6, 6.07) is 0.280. The van der Waals surface area contributed by atoms with Crippen LogP contribution in [0.4, 0.5) is 0 Å². The summed E-state index contributed by atoms with van der Waals surface area (Å²) in [6.07, 6.45) is 3.80. The van der Waals surface area contributed by atoms with Crippen LogP contribution in [-0.4, -0.2) is 15.0 Å². The molecule has 0 rings (SSSR count). The van der Waals surface area contributed by atoms with E-state index >= 15 is 0 Å². The standard InChI is InChI=1S/C12H25NOS/c1-7-8-11(9-10(2)3)13-15(14)12(4,5)6/h7,10-11,13H,1,8-9H2,2-6H3/t11-,15?/m0/s1. The molecule has 0 saturated heterocycles. The third-order valence-corrected chi connectivity index (χ3v) is 3.70. The molecule has 0 aromatic rings. The van der Waals surface area contributed by atoms with Crippen LogP contribution in [0.1, 0.15) is 47.5 Å². The summed E-state index contributed by atoms with van der Waals surface area (Å²) < 4.78 is 14.9. The van der Waals surface area contributed by atoms with Gasteiger partial charge < -0.3 is 0 Å². The van der Waals surface area contributed by atoms with Crippen molar-refractivity contribution in [2.45, 2.75) is 58.2 Å². The molecule has 0 heterocycles. The summed E-state index contributed by atoms with van der Waals surface area (Å²) >= 11 is 0. The Morgan fingerprint density at radius 1 is 1.40 bits per heavy atom. The first-order valence-corrected chi connectivity index (χ1v) is 6.71. The molecule has 0 aliphatic carbocycles. The lowest BCUT2D eigenvalue weighted by atomic mass is 10.0. The summed E-state index contributed by atoms with van der Waals surface area (Å²) in [5, 5.41) is 0. The largest absolute Gasteiger partial charge is 0.242 e. The Kier molecular flexibility index (Phi) is 6.37. The minimum atomic E-state index is -0.983. The second-order valence-electron chi connectivity index (χ2n) is 5.35. The van der Waals surface area contributed by atoms with Crippen molar-refractivity contribution in [3.05, 3.63) is 12.7 Å². The van der Waals surface area contributed by atoms with Crippen molar-refractivity contribution in [1.82, 2.24) is 4.72 Å². The van der Waals surface area contributed by atoms with E-state index in [9.17, 15) is 4.21 Å². The van der Waals surface area contributed by atoms with Crippen LogP contribution in [-0.2, 0) is 11.0 Å². The highest BCUT2D eigenvalue weighted by Crippen LogP contribution is 2.14. The first-order valence-electron chi connectivity index (χ1n) is 5.56. The Morgan fingerprint density at radius 2 is 1.93 bits per heavy atom. The Labute approximate surface area is 97.1 Å². The smallest absolute Gasteiger partial charge is 0.0972 e. The van der Waals surface area contributed by atoms with E-state index in [1.807, 2.05) is 26.8 Å². The highest BCUT2D eigenvalue weighted by Gasteiger charge is 2.22. The third-order valence-electron chi connectivity index (χ3n) is 2.04. The molecular weight excluding hydrogens is 206 g/mol. The lowest BCUT2D eigenvalue weighted by molar-refractivity contribution is 0.469. The molecule has 0 spiro atoms. The molecule has 0 radical (unpaired) electrons. The van der Waals surface area contributed by atoms with Gasteiger partial charge in [-0.05, 0) is 39.5 Å². The molecule has 1 N–H and O–H groups in total. The zero-order chi connectivity index (χ0) is 12.1. The van der Waals surface area contributed by atoms with Crippen molar-refractivity contribution in [2.24, 2.45) is 5.92 Å². The van der Waals surface area contributed by atoms with E-state index in [1.165, 1.54) is 0 Å². The maximum absolute atomic E-state index is 11.9. The van der Waals surface area contributed by atoms with Gasteiger partial charge in [0.2, 0.25) is 0 Å². The molecule has 0 fully saturated rings. The van der Waals surface area contributed by atoms with Crippen LogP contribution in [0.2, 0.25) is 0 Å². The van der Waals surface area contributed by atoms with Crippen LogP contribution in [0.3, 0.4) is 0 Å². The van der Waals surface area contributed by atoms with Crippen LogP contribution >= 0.6 is 0 Å². The molecule has 0 aliphatic heterocycles. The van der Waals surface area contributed by atoms with Crippen molar-refractivity contribution in [3.63, 3.8) is 0 Å². The number of hydrogen-bond acceptors (Lipinski definition) is 1. The molecule has 2 atom stereocenters. The summed E-state index contributed by atoms with van der Waals surface area (Å²) in [6.45, 7) is 14.0. The maximum Gasteiger partial charge on any atom is 0.0972 e.